The molecular weight excluding hydrogens is 294 g/mol. The Bertz CT molecular complexity index is 674. The number of carbonyl (C=O) groups excluding carboxylic acids is 2. The van der Waals surface area contributed by atoms with E-state index in [0.717, 1.165) is 5.56 Å². The molecular formula is C18H21NO4. The first-order chi connectivity index (χ1) is 10.7. The first kappa shape index (κ1) is 15.7. The van der Waals surface area contributed by atoms with E-state index in [4.69, 9.17) is 9.47 Å². The maximum Gasteiger partial charge on any atom is 0.344 e. The number of amides is 1. The zero-order valence-corrected chi connectivity index (χ0v) is 13.8. The summed E-state index contributed by atoms with van der Waals surface area (Å²) < 4.78 is 11.2. The number of nitrogens with zero attached hydrogens (tertiary/aromatic N) is 1. The monoisotopic (exact) mass is 315 g/mol. The molecule has 0 saturated carbocycles. The van der Waals surface area contributed by atoms with Gasteiger partial charge in [0.05, 0.1) is 12.6 Å². The highest BCUT2D eigenvalue weighted by Gasteiger charge is 2.53. The number of rotatable bonds is 2. The largest absolute Gasteiger partial charge is 0.456 e. The van der Waals surface area contributed by atoms with Gasteiger partial charge in [-0.15, -0.1) is 0 Å². The van der Waals surface area contributed by atoms with E-state index in [2.05, 4.69) is 0 Å². The van der Waals surface area contributed by atoms with E-state index in [1.165, 1.54) is 0 Å². The Morgan fingerprint density at radius 3 is 2.57 bits per heavy atom. The van der Waals surface area contributed by atoms with Crippen molar-refractivity contribution in [2.24, 2.45) is 0 Å². The highest BCUT2D eigenvalue weighted by molar-refractivity contribution is 6.18. The molecule has 0 unspecified atom stereocenters. The van der Waals surface area contributed by atoms with Crippen LogP contribution in [0.5, 0.6) is 0 Å². The van der Waals surface area contributed by atoms with Crippen LogP contribution in [0, 0.1) is 0 Å². The maximum atomic E-state index is 12.8. The number of hydrogen-bond donors (Lipinski definition) is 0. The van der Waals surface area contributed by atoms with Crippen LogP contribution in [-0.2, 0) is 19.1 Å². The molecule has 1 aromatic rings. The molecule has 2 aliphatic heterocycles. The van der Waals surface area contributed by atoms with E-state index in [9.17, 15) is 9.59 Å². The second-order valence-electron chi connectivity index (χ2n) is 7.03. The second-order valence-corrected chi connectivity index (χ2v) is 7.03. The highest BCUT2D eigenvalue weighted by Crippen LogP contribution is 2.43. The first-order valence-electron chi connectivity index (χ1n) is 7.70. The van der Waals surface area contributed by atoms with Crippen molar-refractivity contribution in [1.82, 2.24) is 4.90 Å². The lowest BCUT2D eigenvalue weighted by Gasteiger charge is -2.29. The second kappa shape index (κ2) is 5.20. The van der Waals surface area contributed by atoms with Crippen LogP contribution in [0.4, 0.5) is 0 Å². The minimum atomic E-state index is -0.899. The van der Waals surface area contributed by atoms with E-state index in [0.29, 0.717) is 6.61 Å². The summed E-state index contributed by atoms with van der Waals surface area (Å²) in [5.74, 6) is -0.943. The molecule has 0 radical (unpaired) electrons. The molecule has 0 aromatic heterocycles. The van der Waals surface area contributed by atoms with Crippen molar-refractivity contribution in [3.8, 4) is 0 Å². The molecule has 0 spiro atoms. The normalized spacial score (nSPS) is 27.0. The number of fused-ring (bicyclic) bond motifs is 1. The maximum absolute atomic E-state index is 12.8. The topological polar surface area (TPSA) is 55.8 Å². The van der Waals surface area contributed by atoms with Crippen molar-refractivity contribution in [2.45, 2.75) is 45.1 Å². The molecule has 1 aromatic carbocycles. The van der Waals surface area contributed by atoms with Crippen molar-refractivity contribution in [3.05, 3.63) is 47.5 Å². The fourth-order valence-corrected chi connectivity index (χ4v) is 3.01. The average Bonchev–Trinajstić information content (AvgIpc) is 2.92. The molecule has 122 valence electrons. The molecule has 5 nitrogen and oxygen atoms in total. The number of ether oxygens (including phenoxy) is 2. The van der Waals surface area contributed by atoms with Gasteiger partial charge in [0.25, 0.3) is 5.91 Å². The van der Waals surface area contributed by atoms with Gasteiger partial charge in [-0.05, 0) is 39.3 Å². The third kappa shape index (κ3) is 2.77. The predicted molar refractivity (Wildman–Crippen MR) is 84.3 cm³/mol. The van der Waals surface area contributed by atoms with Crippen LogP contribution in [0.1, 0.15) is 39.3 Å². The Morgan fingerprint density at radius 1 is 1.30 bits per heavy atom. The summed E-state index contributed by atoms with van der Waals surface area (Å²) in [5, 5.41) is 0. The summed E-state index contributed by atoms with van der Waals surface area (Å²) >= 11 is 0. The Labute approximate surface area is 135 Å². The SMILES string of the molecule is CC(C)(C)OC(=O)C1=C[C@@]2(C)OC[C@H](c3ccccc3)N2C1=O. The molecule has 1 amide bonds. The van der Waals surface area contributed by atoms with Gasteiger partial charge in [-0.25, -0.2) is 4.79 Å². The minimum absolute atomic E-state index is 0.0445. The molecule has 1 fully saturated rings. The first-order valence-corrected chi connectivity index (χ1v) is 7.70. The fourth-order valence-electron chi connectivity index (χ4n) is 3.01. The van der Waals surface area contributed by atoms with Gasteiger partial charge in [0.15, 0.2) is 5.72 Å². The lowest BCUT2D eigenvalue weighted by Crippen LogP contribution is -2.41. The van der Waals surface area contributed by atoms with E-state index in [-0.39, 0.29) is 17.5 Å². The fraction of sp³-hybridized carbons (Fsp3) is 0.444. The Morgan fingerprint density at radius 2 is 1.96 bits per heavy atom. The van der Waals surface area contributed by atoms with Crippen LogP contribution < -0.4 is 0 Å². The zero-order chi connectivity index (χ0) is 16.8. The van der Waals surface area contributed by atoms with E-state index in [1.807, 2.05) is 30.3 Å². The van der Waals surface area contributed by atoms with Gasteiger partial charge in [0, 0.05) is 0 Å². The van der Waals surface area contributed by atoms with Gasteiger partial charge in [-0.2, -0.15) is 0 Å². The predicted octanol–water partition coefficient (Wildman–Crippen LogP) is 2.58. The molecule has 0 bridgehead atoms. The van der Waals surface area contributed by atoms with Gasteiger partial charge in [0.2, 0.25) is 0 Å². The summed E-state index contributed by atoms with van der Waals surface area (Å²) in [7, 11) is 0. The van der Waals surface area contributed by atoms with Crippen LogP contribution in [0.3, 0.4) is 0 Å². The molecule has 0 aliphatic carbocycles. The smallest absolute Gasteiger partial charge is 0.344 e. The van der Waals surface area contributed by atoms with Crippen molar-refractivity contribution < 1.29 is 19.1 Å². The molecule has 2 atom stereocenters. The quantitative estimate of drug-likeness (QED) is 0.622. The number of hydrogen-bond acceptors (Lipinski definition) is 4. The molecule has 2 heterocycles. The minimum Gasteiger partial charge on any atom is -0.456 e. The number of benzene rings is 1. The molecule has 0 N–H and O–H groups in total. The van der Waals surface area contributed by atoms with Gasteiger partial charge in [-0.1, -0.05) is 30.3 Å². The van der Waals surface area contributed by atoms with Crippen molar-refractivity contribution >= 4 is 11.9 Å². The standard InChI is InChI=1S/C18H21NO4/c1-17(2,3)23-16(21)13-10-18(4)19(15(13)20)14(11-22-18)12-8-6-5-7-9-12/h5-10,14H,11H2,1-4H3/t14-,18-/m1/s1. The van der Waals surface area contributed by atoms with Crippen LogP contribution in [0.2, 0.25) is 0 Å². The summed E-state index contributed by atoms with van der Waals surface area (Å²) in [6.07, 6.45) is 1.58. The molecule has 5 heteroatoms. The van der Waals surface area contributed by atoms with Crippen molar-refractivity contribution in [3.63, 3.8) is 0 Å². The van der Waals surface area contributed by atoms with Crippen LogP contribution in [0.15, 0.2) is 42.0 Å². The zero-order valence-electron chi connectivity index (χ0n) is 13.8. The molecule has 3 rings (SSSR count). The summed E-state index contributed by atoms with van der Waals surface area (Å²) in [4.78, 5) is 26.7. The van der Waals surface area contributed by atoms with E-state index in [1.54, 1.807) is 38.7 Å². The highest BCUT2D eigenvalue weighted by atomic mass is 16.6. The van der Waals surface area contributed by atoms with Crippen LogP contribution >= 0.6 is 0 Å². The third-order valence-electron chi connectivity index (χ3n) is 3.99. The van der Waals surface area contributed by atoms with Gasteiger partial charge < -0.3 is 9.47 Å². The molecule has 23 heavy (non-hydrogen) atoms. The molecule has 1 saturated heterocycles. The Hall–Kier alpha value is -2.14. The molecule has 2 aliphatic rings. The van der Waals surface area contributed by atoms with Crippen LogP contribution in [0.25, 0.3) is 0 Å². The Balaban J connectivity index is 1.89. The van der Waals surface area contributed by atoms with Crippen molar-refractivity contribution in [1.29, 1.82) is 0 Å². The van der Waals surface area contributed by atoms with E-state index < -0.39 is 17.3 Å². The summed E-state index contributed by atoms with van der Waals surface area (Å²) in [6, 6.07) is 9.48. The van der Waals surface area contributed by atoms with Gasteiger partial charge >= 0.3 is 5.97 Å². The van der Waals surface area contributed by atoms with Gasteiger partial charge in [-0.3, -0.25) is 9.69 Å². The number of carbonyl (C=O) groups is 2. The average molecular weight is 315 g/mol. The van der Waals surface area contributed by atoms with Crippen molar-refractivity contribution in [2.75, 3.05) is 6.61 Å². The Kier molecular flexibility index (Phi) is 3.56. The third-order valence-corrected chi connectivity index (χ3v) is 3.99. The lowest BCUT2D eigenvalue weighted by molar-refractivity contribution is -0.151. The van der Waals surface area contributed by atoms with E-state index >= 15 is 0 Å². The lowest BCUT2D eigenvalue weighted by atomic mass is 10.1. The summed E-state index contributed by atoms with van der Waals surface area (Å²) in [5.41, 5.74) is -0.512. The number of esters is 1. The van der Waals surface area contributed by atoms with Crippen LogP contribution in [-0.4, -0.2) is 34.7 Å². The summed E-state index contributed by atoms with van der Waals surface area (Å²) in [6.45, 7) is 7.53. The van der Waals surface area contributed by atoms with Gasteiger partial charge in [0.1, 0.15) is 11.2 Å².